The molecule has 1 nitrogen and oxygen atoms in total. The van der Waals surface area contributed by atoms with E-state index in [1.807, 2.05) is 6.07 Å². The molecule has 0 radical (unpaired) electrons. The first-order valence-electron chi connectivity index (χ1n) is 6.94. The predicted octanol–water partition coefficient (Wildman–Crippen LogP) is 3.98. The van der Waals surface area contributed by atoms with Crippen LogP contribution in [0, 0.1) is 13.8 Å². The van der Waals surface area contributed by atoms with E-state index in [0.29, 0.717) is 5.92 Å². The van der Waals surface area contributed by atoms with Crippen molar-refractivity contribution in [2.45, 2.75) is 39.2 Å². The maximum atomic E-state index is 6.37. The highest BCUT2D eigenvalue weighted by molar-refractivity contribution is 5.31. The maximum Gasteiger partial charge on any atom is 0.0146 e. The molecule has 0 aliphatic heterocycles. The van der Waals surface area contributed by atoms with Crippen molar-refractivity contribution >= 4 is 0 Å². The zero-order valence-electron chi connectivity index (χ0n) is 12.1. The first kappa shape index (κ1) is 13.8. The van der Waals surface area contributed by atoms with E-state index in [9.17, 15) is 0 Å². The Morgan fingerprint density at radius 1 is 0.947 bits per heavy atom. The average Bonchev–Trinajstić information content (AvgIpc) is 2.43. The number of nitrogens with two attached hydrogens (primary N) is 1. The van der Waals surface area contributed by atoms with Crippen LogP contribution in [0.25, 0.3) is 0 Å². The molecule has 0 saturated carbocycles. The Kier molecular flexibility index (Phi) is 4.39. The summed E-state index contributed by atoms with van der Waals surface area (Å²) in [6.07, 6.45) is 0.928. The Hall–Kier alpha value is -1.60. The predicted molar refractivity (Wildman–Crippen MR) is 82.5 cm³/mol. The lowest BCUT2D eigenvalue weighted by molar-refractivity contribution is 0.564. The molecule has 0 saturated heterocycles. The first-order valence-corrected chi connectivity index (χ1v) is 6.94. The highest BCUT2D eigenvalue weighted by Gasteiger charge is 2.15. The van der Waals surface area contributed by atoms with Gasteiger partial charge in [-0.05, 0) is 48.4 Å². The minimum absolute atomic E-state index is 0.157. The molecule has 0 fully saturated rings. The molecule has 2 unspecified atom stereocenters. The lowest BCUT2D eigenvalue weighted by Gasteiger charge is -2.20. The minimum atomic E-state index is 0.157. The fraction of sp³-hybridized carbons (Fsp3) is 0.333. The van der Waals surface area contributed by atoms with Crippen LogP contribution >= 0.6 is 0 Å². The molecule has 2 rings (SSSR count). The van der Waals surface area contributed by atoms with Crippen molar-refractivity contribution in [2.75, 3.05) is 0 Å². The van der Waals surface area contributed by atoms with E-state index >= 15 is 0 Å². The fourth-order valence-corrected chi connectivity index (χ4v) is 2.38. The first-order chi connectivity index (χ1) is 9.08. The summed E-state index contributed by atoms with van der Waals surface area (Å²) in [5.41, 5.74) is 11.7. The summed E-state index contributed by atoms with van der Waals surface area (Å²) in [7, 11) is 0. The topological polar surface area (TPSA) is 26.0 Å². The van der Waals surface area contributed by atoms with Gasteiger partial charge < -0.3 is 5.73 Å². The molecule has 100 valence electrons. The lowest BCUT2D eigenvalue weighted by Crippen LogP contribution is -2.29. The molecule has 0 aliphatic carbocycles. The summed E-state index contributed by atoms with van der Waals surface area (Å²) in [5, 5.41) is 0. The fourth-order valence-electron chi connectivity index (χ4n) is 2.38. The largest absolute Gasteiger partial charge is 0.327 e. The van der Waals surface area contributed by atoms with E-state index < -0.39 is 0 Å². The Bertz CT molecular complexity index is 531. The van der Waals surface area contributed by atoms with E-state index in [1.165, 1.54) is 22.3 Å². The Morgan fingerprint density at radius 2 is 1.63 bits per heavy atom. The highest BCUT2D eigenvalue weighted by Crippen LogP contribution is 2.21. The molecule has 2 N–H and O–H groups in total. The molecule has 19 heavy (non-hydrogen) atoms. The third-order valence-corrected chi connectivity index (χ3v) is 4.01. The van der Waals surface area contributed by atoms with Gasteiger partial charge in [-0.1, -0.05) is 55.5 Å². The molecular formula is C18H23N. The molecule has 2 atom stereocenters. The zero-order valence-corrected chi connectivity index (χ0v) is 12.1. The van der Waals surface area contributed by atoms with Crippen molar-refractivity contribution < 1.29 is 0 Å². The second-order valence-corrected chi connectivity index (χ2v) is 5.49. The molecule has 0 heterocycles. The van der Waals surface area contributed by atoms with Gasteiger partial charge in [-0.15, -0.1) is 0 Å². The quantitative estimate of drug-likeness (QED) is 0.876. The normalized spacial score (nSPS) is 14.1. The van der Waals surface area contributed by atoms with Gasteiger partial charge >= 0.3 is 0 Å². The summed E-state index contributed by atoms with van der Waals surface area (Å²) in [6, 6.07) is 17.3. The van der Waals surface area contributed by atoms with Crippen molar-refractivity contribution in [3.63, 3.8) is 0 Å². The molecule has 0 aliphatic rings. The van der Waals surface area contributed by atoms with Gasteiger partial charge in [0.05, 0.1) is 0 Å². The van der Waals surface area contributed by atoms with Crippen molar-refractivity contribution in [3.05, 3.63) is 70.8 Å². The summed E-state index contributed by atoms with van der Waals surface area (Å²) in [5.74, 6) is 0.378. The molecule has 2 aromatic carbocycles. The Balaban J connectivity index is 2.08. The monoisotopic (exact) mass is 253 g/mol. The van der Waals surface area contributed by atoms with Crippen molar-refractivity contribution in [1.82, 2.24) is 0 Å². The van der Waals surface area contributed by atoms with Gasteiger partial charge in [0.1, 0.15) is 0 Å². The van der Waals surface area contributed by atoms with Gasteiger partial charge in [0.15, 0.2) is 0 Å². The minimum Gasteiger partial charge on any atom is -0.327 e. The van der Waals surface area contributed by atoms with E-state index in [2.05, 4.69) is 63.2 Å². The molecule has 2 aromatic rings. The van der Waals surface area contributed by atoms with Gasteiger partial charge in [0, 0.05) is 6.04 Å². The number of rotatable bonds is 4. The molecule has 0 aromatic heterocycles. The summed E-state index contributed by atoms with van der Waals surface area (Å²) in [6.45, 7) is 6.51. The standard InChI is InChI=1S/C18H23N/c1-13-9-10-16(11-14(13)2)12-18(19)15(3)17-7-5-4-6-8-17/h4-11,15,18H,12,19H2,1-3H3. The van der Waals surface area contributed by atoms with E-state index in [-0.39, 0.29) is 6.04 Å². The molecule has 0 spiro atoms. The van der Waals surface area contributed by atoms with Crippen LogP contribution in [0.5, 0.6) is 0 Å². The lowest BCUT2D eigenvalue weighted by atomic mass is 9.89. The molecular weight excluding hydrogens is 230 g/mol. The van der Waals surface area contributed by atoms with Gasteiger partial charge in [-0.25, -0.2) is 0 Å². The van der Waals surface area contributed by atoms with E-state index in [0.717, 1.165) is 6.42 Å². The summed E-state index contributed by atoms with van der Waals surface area (Å²) in [4.78, 5) is 0. The number of hydrogen-bond acceptors (Lipinski definition) is 1. The Morgan fingerprint density at radius 3 is 2.26 bits per heavy atom. The number of hydrogen-bond donors (Lipinski definition) is 1. The molecule has 0 bridgehead atoms. The summed E-state index contributed by atoms with van der Waals surface area (Å²) >= 11 is 0. The van der Waals surface area contributed by atoms with Crippen LogP contribution in [0.3, 0.4) is 0 Å². The number of benzene rings is 2. The van der Waals surface area contributed by atoms with Crippen LogP contribution in [-0.4, -0.2) is 6.04 Å². The van der Waals surface area contributed by atoms with Crippen LogP contribution in [0.1, 0.15) is 35.1 Å². The second-order valence-electron chi connectivity index (χ2n) is 5.49. The van der Waals surface area contributed by atoms with Crippen molar-refractivity contribution in [3.8, 4) is 0 Å². The summed E-state index contributed by atoms with van der Waals surface area (Å²) < 4.78 is 0. The third-order valence-electron chi connectivity index (χ3n) is 4.01. The van der Waals surface area contributed by atoms with Gasteiger partial charge in [-0.2, -0.15) is 0 Å². The van der Waals surface area contributed by atoms with Crippen LogP contribution < -0.4 is 5.73 Å². The van der Waals surface area contributed by atoms with Crippen molar-refractivity contribution in [1.29, 1.82) is 0 Å². The Labute approximate surface area is 116 Å². The van der Waals surface area contributed by atoms with Crippen LogP contribution in [0.2, 0.25) is 0 Å². The van der Waals surface area contributed by atoms with Gasteiger partial charge in [-0.3, -0.25) is 0 Å². The van der Waals surface area contributed by atoms with Gasteiger partial charge in [0.25, 0.3) is 0 Å². The zero-order chi connectivity index (χ0) is 13.8. The maximum absolute atomic E-state index is 6.37. The SMILES string of the molecule is Cc1ccc(CC(N)C(C)c2ccccc2)cc1C. The van der Waals surface area contributed by atoms with Crippen molar-refractivity contribution in [2.24, 2.45) is 5.73 Å². The average molecular weight is 253 g/mol. The third kappa shape index (κ3) is 3.45. The van der Waals surface area contributed by atoms with E-state index in [4.69, 9.17) is 5.73 Å². The van der Waals surface area contributed by atoms with E-state index in [1.54, 1.807) is 0 Å². The van der Waals surface area contributed by atoms with Crippen LogP contribution in [0.4, 0.5) is 0 Å². The highest BCUT2D eigenvalue weighted by atomic mass is 14.6. The molecule has 1 heteroatoms. The van der Waals surface area contributed by atoms with Crippen LogP contribution in [0.15, 0.2) is 48.5 Å². The second kappa shape index (κ2) is 6.03. The number of aryl methyl sites for hydroxylation is 2. The van der Waals surface area contributed by atoms with Crippen LogP contribution in [-0.2, 0) is 6.42 Å². The molecule has 0 amide bonds. The smallest absolute Gasteiger partial charge is 0.0146 e. The van der Waals surface area contributed by atoms with Gasteiger partial charge in [0.2, 0.25) is 0 Å².